The highest BCUT2D eigenvalue weighted by molar-refractivity contribution is 9.10. The van der Waals surface area contributed by atoms with E-state index in [1.54, 1.807) is 7.11 Å². The van der Waals surface area contributed by atoms with Crippen LogP contribution in [0.3, 0.4) is 0 Å². The van der Waals surface area contributed by atoms with Crippen LogP contribution in [0.15, 0.2) is 52.1 Å². The number of anilines is 1. The highest BCUT2D eigenvalue weighted by atomic mass is 79.9. The van der Waals surface area contributed by atoms with Crippen molar-refractivity contribution >= 4 is 33.4 Å². The molecular weight excluding hydrogens is 428 g/mol. The van der Waals surface area contributed by atoms with E-state index in [9.17, 15) is 0 Å². The van der Waals surface area contributed by atoms with Crippen LogP contribution in [0.5, 0.6) is 11.6 Å². The molecule has 0 fully saturated rings. The summed E-state index contributed by atoms with van der Waals surface area (Å²) in [6, 6.07) is 13.7. The molecule has 3 aromatic rings. The number of thioether (sulfide) groups is 1. The molecule has 0 aliphatic carbocycles. The van der Waals surface area contributed by atoms with Gasteiger partial charge in [0.05, 0.1) is 7.11 Å². The molecule has 2 aromatic carbocycles. The van der Waals surface area contributed by atoms with E-state index in [4.69, 9.17) is 9.47 Å². The average Bonchev–Trinajstić information content (AvgIpc) is 2.85. The molecule has 0 spiro atoms. The number of hydrogen-bond donors (Lipinski definition) is 1. The number of nitrogens with one attached hydrogen (secondary N) is 1. The highest BCUT2D eigenvalue weighted by Gasteiger charge is 2.27. The number of methoxy groups -OCH3 is 1. The lowest BCUT2D eigenvalue weighted by molar-refractivity contribution is 0.224. The number of ether oxygens (including phenoxy) is 2. The second-order valence-electron chi connectivity index (χ2n) is 5.76. The smallest absolute Gasteiger partial charge is 0.247 e. The van der Waals surface area contributed by atoms with Gasteiger partial charge in [-0.25, -0.2) is 0 Å². The number of para-hydroxylation sites is 1. The second kappa shape index (κ2) is 7.74. The summed E-state index contributed by atoms with van der Waals surface area (Å²) in [5, 5.41) is 12.7. The molecule has 6 nitrogen and oxygen atoms in total. The van der Waals surface area contributed by atoms with Gasteiger partial charge in [0.1, 0.15) is 5.75 Å². The topological polar surface area (TPSA) is 69.2 Å². The summed E-state index contributed by atoms with van der Waals surface area (Å²) in [6.07, 6.45) is -0.465. The van der Waals surface area contributed by atoms with Crippen LogP contribution in [0.25, 0.3) is 11.3 Å². The van der Waals surface area contributed by atoms with Gasteiger partial charge in [-0.1, -0.05) is 52.8 Å². The Kier molecular flexibility index (Phi) is 5.18. The number of hydrogen-bond acceptors (Lipinski definition) is 7. The number of fused-ring (bicyclic) bond motifs is 3. The van der Waals surface area contributed by atoms with Crippen molar-refractivity contribution in [1.82, 2.24) is 15.2 Å². The zero-order chi connectivity index (χ0) is 18.8. The maximum absolute atomic E-state index is 6.27. The third-order valence-corrected chi connectivity index (χ3v) is 5.53. The van der Waals surface area contributed by atoms with Gasteiger partial charge in [0.2, 0.25) is 11.0 Å². The molecule has 0 bridgehead atoms. The lowest BCUT2D eigenvalue weighted by Gasteiger charge is -2.21. The minimum atomic E-state index is -0.465. The predicted octanol–water partition coefficient (Wildman–Crippen LogP) is 4.92. The molecule has 4 rings (SSSR count). The molecule has 0 amide bonds. The number of aromatic nitrogens is 3. The van der Waals surface area contributed by atoms with E-state index in [2.05, 4.69) is 36.4 Å². The molecule has 1 aromatic heterocycles. The summed E-state index contributed by atoms with van der Waals surface area (Å²) in [5.74, 6) is 2.07. The molecule has 27 heavy (non-hydrogen) atoms. The van der Waals surface area contributed by atoms with Gasteiger partial charge in [0.15, 0.2) is 11.9 Å². The Morgan fingerprint density at radius 2 is 2.07 bits per heavy atom. The highest BCUT2D eigenvalue weighted by Crippen LogP contribution is 2.41. The first-order chi connectivity index (χ1) is 13.2. The molecule has 2 heterocycles. The van der Waals surface area contributed by atoms with Gasteiger partial charge in [0, 0.05) is 21.3 Å². The fraction of sp³-hybridized carbons (Fsp3) is 0.211. The van der Waals surface area contributed by atoms with Crippen molar-refractivity contribution in [2.24, 2.45) is 0 Å². The van der Waals surface area contributed by atoms with Gasteiger partial charge in [-0.3, -0.25) is 0 Å². The van der Waals surface area contributed by atoms with E-state index in [0.29, 0.717) is 16.7 Å². The van der Waals surface area contributed by atoms with Crippen LogP contribution in [0.2, 0.25) is 0 Å². The van der Waals surface area contributed by atoms with Gasteiger partial charge in [-0.05, 0) is 30.0 Å². The van der Waals surface area contributed by atoms with E-state index in [0.717, 1.165) is 32.8 Å². The Morgan fingerprint density at radius 3 is 2.89 bits per heavy atom. The Labute approximate surface area is 169 Å². The minimum Gasteiger partial charge on any atom is -0.497 e. The van der Waals surface area contributed by atoms with Crippen LogP contribution in [0.4, 0.5) is 5.69 Å². The van der Waals surface area contributed by atoms with Gasteiger partial charge >= 0.3 is 0 Å². The van der Waals surface area contributed by atoms with E-state index < -0.39 is 6.23 Å². The second-order valence-corrected chi connectivity index (χ2v) is 7.84. The first-order valence-electron chi connectivity index (χ1n) is 8.43. The van der Waals surface area contributed by atoms with Crippen LogP contribution in [-0.4, -0.2) is 28.0 Å². The third-order valence-electron chi connectivity index (χ3n) is 4.09. The zero-order valence-corrected chi connectivity index (χ0v) is 17.2. The summed E-state index contributed by atoms with van der Waals surface area (Å²) in [4.78, 5) is 4.59. The average molecular weight is 445 g/mol. The normalized spacial score (nSPS) is 15.0. The molecular formula is C19H17BrN4O2S. The predicted molar refractivity (Wildman–Crippen MR) is 109 cm³/mol. The molecule has 1 atom stereocenters. The summed E-state index contributed by atoms with van der Waals surface area (Å²) in [6.45, 7) is 2.05. The lowest BCUT2D eigenvalue weighted by Crippen LogP contribution is -2.17. The maximum atomic E-state index is 6.27. The first-order valence-corrected chi connectivity index (χ1v) is 10.2. The fourth-order valence-electron chi connectivity index (χ4n) is 2.83. The third kappa shape index (κ3) is 3.59. The van der Waals surface area contributed by atoms with Crippen molar-refractivity contribution in [3.8, 4) is 22.9 Å². The van der Waals surface area contributed by atoms with Crippen LogP contribution in [-0.2, 0) is 0 Å². The minimum absolute atomic E-state index is 0.457. The van der Waals surface area contributed by atoms with Crippen LogP contribution >= 0.6 is 27.7 Å². The quantitative estimate of drug-likeness (QED) is 0.572. The molecule has 1 aliphatic heterocycles. The SMILES string of the molecule is CCSc1nnc2c(n1)OC(c1cc(OC)ccc1Br)Nc1ccccc1-2. The summed E-state index contributed by atoms with van der Waals surface area (Å²) < 4.78 is 12.6. The first kappa shape index (κ1) is 18.1. The van der Waals surface area contributed by atoms with Gasteiger partial charge in [-0.2, -0.15) is 4.98 Å². The number of nitrogens with zero attached hydrogens (tertiary/aromatic N) is 3. The van der Waals surface area contributed by atoms with Gasteiger partial charge in [0.25, 0.3) is 0 Å². The van der Waals surface area contributed by atoms with Crippen molar-refractivity contribution in [3.63, 3.8) is 0 Å². The monoisotopic (exact) mass is 444 g/mol. The Morgan fingerprint density at radius 1 is 1.22 bits per heavy atom. The van der Waals surface area contributed by atoms with E-state index in [-0.39, 0.29) is 0 Å². The van der Waals surface area contributed by atoms with Crippen LogP contribution in [0.1, 0.15) is 18.7 Å². The molecule has 0 radical (unpaired) electrons. The van der Waals surface area contributed by atoms with Crippen molar-refractivity contribution in [1.29, 1.82) is 0 Å². The summed E-state index contributed by atoms with van der Waals surface area (Å²) in [5.41, 5.74) is 3.34. The standard InChI is InChI=1S/C19H17BrN4O2S/c1-3-27-19-22-18-16(23-24-19)12-6-4-5-7-15(12)21-17(26-18)13-10-11(25-2)8-9-14(13)20/h4-10,17,21H,3H2,1-2H3. The fourth-order valence-corrected chi connectivity index (χ4v) is 3.79. The number of rotatable bonds is 4. The van der Waals surface area contributed by atoms with Gasteiger partial charge < -0.3 is 14.8 Å². The zero-order valence-electron chi connectivity index (χ0n) is 14.8. The molecule has 1 unspecified atom stereocenters. The Hall–Kier alpha value is -2.32. The summed E-state index contributed by atoms with van der Waals surface area (Å²) >= 11 is 5.14. The maximum Gasteiger partial charge on any atom is 0.247 e. The molecule has 1 N–H and O–H groups in total. The lowest BCUT2D eigenvalue weighted by atomic mass is 10.1. The molecule has 0 saturated heterocycles. The van der Waals surface area contributed by atoms with Crippen molar-refractivity contribution in [2.75, 3.05) is 18.2 Å². The molecule has 0 saturated carbocycles. The van der Waals surface area contributed by atoms with Crippen LogP contribution in [0, 0.1) is 0 Å². The van der Waals surface area contributed by atoms with Crippen molar-refractivity contribution < 1.29 is 9.47 Å². The molecule has 1 aliphatic rings. The molecule has 8 heteroatoms. The van der Waals surface area contributed by atoms with Crippen LogP contribution < -0.4 is 14.8 Å². The van der Waals surface area contributed by atoms with E-state index >= 15 is 0 Å². The summed E-state index contributed by atoms with van der Waals surface area (Å²) in [7, 11) is 1.64. The largest absolute Gasteiger partial charge is 0.497 e. The van der Waals surface area contributed by atoms with Crippen molar-refractivity contribution in [3.05, 3.63) is 52.5 Å². The Balaban J connectivity index is 1.85. The van der Waals surface area contributed by atoms with Crippen molar-refractivity contribution in [2.45, 2.75) is 18.3 Å². The number of benzene rings is 2. The molecule has 138 valence electrons. The number of halogens is 1. The Bertz CT molecular complexity index is 986. The van der Waals surface area contributed by atoms with Gasteiger partial charge in [-0.15, -0.1) is 10.2 Å². The van der Waals surface area contributed by atoms with E-state index in [1.807, 2.05) is 49.4 Å². The van der Waals surface area contributed by atoms with E-state index in [1.165, 1.54) is 11.8 Å².